The predicted octanol–water partition coefficient (Wildman–Crippen LogP) is 3.43. The van der Waals surface area contributed by atoms with Crippen LogP contribution < -0.4 is 5.32 Å². The lowest BCUT2D eigenvalue weighted by atomic mass is 9.99. The minimum absolute atomic E-state index is 0.104. The molecule has 0 fully saturated rings. The van der Waals surface area contributed by atoms with Crippen molar-refractivity contribution in [2.45, 2.75) is 12.5 Å². The highest BCUT2D eigenvalue weighted by Crippen LogP contribution is 2.24. The molecule has 0 radical (unpaired) electrons. The average molecular weight is 334 g/mol. The van der Waals surface area contributed by atoms with Crippen molar-refractivity contribution in [1.29, 1.82) is 0 Å². The Morgan fingerprint density at radius 1 is 1.09 bits per heavy atom. The minimum Gasteiger partial charge on any atom is -0.481 e. The first-order valence-corrected chi connectivity index (χ1v) is 7.37. The van der Waals surface area contributed by atoms with Crippen LogP contribution in [-0.4, -0.2) is 23.7 Å². The molecular weight excluding hydrogens is 318 g/mol. The number of nitrogens with one attached hydrogen (secondary N) is 1. The maximum absolute atomic E-state index is 11.7. The number of hydrogen-bond acceptors (Lipinski definition) is 3. The largest absolute Gasteiger partial charge is 0.481 e. The lowest BCUT2D eigenvalue weighted by Crippen LogP contribution is -2.32. The van der Waals surface area contributed by atoms with Gasteiger partial charge in [-0.1, -0.05) is 60.1 Å². The number of carbonyl (C=O) groups is 2. The molecule has 23 heavy (non-hydrogen) atoms. The fraction of sp³-hybridized carbons (Fsp3) is 0.176. The fourth-order valence-corrected chi connectivity index (χ4v) is 2.31. The van der Waals surface area contributed by atoms with Crippen molar-refractivity contribution in [2.75, 3.05) is 6.54 Å². The van der Waals surface area contributed by atoms with Crippen LogP contribution in [0.4, 0.5) is 4.79 Å². The van der Waals surface area contributed by atoms with E-state index in [0.717, 1.165) is 5.56 Å². The molecule has 2 N–H and O–H groups in total. The summed E-state index contributed by atoms with van der Waals surface area (Å²) >= 11 is 6.01. The Labute approximate surface area is 138 Å². The first-order chi connectivity index (χ1) is 11.1. The third-order valence-corrected chi connectivity index (χ3v) is 3.59. The van der Waals surface area contributed by atoms with Crippen molar-refractivity contribution in [1.82, 2.24) is 5.32 Å². The number of aliphatic carboxylic acids is 1. The Morgan fingerprint density at radius 3 is 2.39 bits per heavy atom. The molecule has 1 atom stereocenters. The van der Waals surface area contributed by atoms with Gasteiger partial charge in [-0.2, -0.15) is 0 Å². The Hall–Kier alpha value is -2.53. The standard InChI is InChI=1S/C17H16ClNO4/c18-15-9-5-4-8-13(15)14(16(20)21)10-19-17(22)23-11-12-6-2-1-3-7-12/h1-9,14H,10-11H2,(H,19,22)(H,20,21). The number of alkyl carbamates (subject to hydrolysis) is 1. The first kappa shape index (κ1) is 16.8. The monoisotopic (exact) mass is 333 g/mol. The van der Waals surface area contributed by atoms with E-state index in [9.17, 15) is 14.7 Å². The maximum Gasteiger partial charge on any atom is 0.407 e. The van der Waals surface area contributed by atoms with E-state index >= 15 is 0 Å². The molecule has 0 spiro atoms. The van der Waals surface area contributed by atoms with Crippen LogP contribution in [0.5, 0.6) is 0 Å². The van der Waals surface area contributed by atoms with E-state index in [4.69, 9.17) is 16.3 Å². The van der Waals surface area contributed by atoms with Gasteiger partial charge >= 0.3 is 12.1 Å². The fourth-order valence-electron chi connectivity index (χ4n) is 2.05. The van der Waals surface area contributed by atoms with Crippen LogP contribution in [0.15, 0.2) is 54.6 Å². The maximum atomic E-state index is 11.7. The SMILES string of the molecule is O=C(NCC(C(=O)O)c1ccccc1Cl)OCc1ccccc1. The summed E-state index contributed by atoms with van der Waals surface area (Å²) in [6, 6.07) is 15.9. The van der Waals surface area contributed by atoms with Crippen LogP contribution in [0, 0.1) is 0 Å². The number of hydrogen-bond donors (Lipinski definition) is 2. The van der Waals surface area contributed by atoms with E-state index < -0.39 is 18.0 Å². The quantitative estimate of drug-likeness (QED) is 0.849. The molecule has 0 aliphatic rings. The summed E-state index contributed by atoms with van der Waals surface area (Å²) in [5, 5.41) is 12.1. The van der Waals surface area contributed by atoms with Crippen molar-refractivity contribution >= 4 is 23.7 Å². The van der Waals surface area contributed by atoms with Crippen LogP contribution in [0.3, 0.4) is 0 Å². The third-order valence-electron chi connectivity index (χ3n) is 3.24. The molecule has 0 bridgehead atoms. The molecule has 5 nitrogen and oxygen atoms in total. The predicted molar refractivity (Wildman–Crippen MR) is 86.5 cm³/mol. The third kappa shape index (κ3) is 5.00. The van der Waals surface area contributed by atoms with Gasteiger partial charge in [-0.15, -0.1) is 0 Å². The molecule has 6 heteroatoms. The molecule has 2 rings (SSSR count). The van der Waals surface area contributed by atoms with Crippen molar-refractivity contribution in [3.63, 3.8) is 0 Å². The van der Waals surface area contributed by atoms with Gasteiger partial charge in [0.2, 0.25) is 0 Å². The molecule has 1 unspecified atom stereocenters. The molecule has 0 saturated carbocycles. The molecule has 120 valence electrons. The Bertz CT molecular complexity index is 675. The number of rotatable bonds is 6. The van der Waals surface area contributed by atoms with Crippen molar-refractivity contribution in [3.05, 3.63) is 70.7 Å². The molecule has 0 aromatic heterocycles. The lowest BCUT2D eigenvalue weighted by molar-refractivity contribution is -0.138. The van der Waals surface area contributed by atoms with Gasteiger partial charge in [-0.3, -0.25) is 4.79 Å². The number of carbonyl (C=O) groups excluding carboxylic acids is 1. The Balaban J connectivity index is 1.90. The number of ether oxygens (including phenoxy) is 1. The van der Waals surface area contributed by atoms with Crippen LogP contribution in [0.25, 0.3) is 0 Å². The van der Waals surface area contributed by atoms with E-state index in [-0.39, 0.29) is 13.2 Å². The normalized spacial score (nSPS) is 11.5. The molecule has 0 saturated heterocycles. The molecule has 2 aromatic carbocycles. The summed E-state index contributed by atoms with van der Waals surface area (Å²) in [6.07, 6.45) is -0.674. The highest BCUT2D eigenvalue weighted by Gasteiger charge is 2.23. The van der Waals surface area contributed by atoms with Crippen LogP contribution >= 0.6 is 11.6 Å². The topological polar surface area (TPSA) is 75.6 Å². The van der Waals surface area contributed by atoms with Gasteiger partial charge in [-0.25, -0.2) is 4.79 Å². The van der Waals surface area contributed by atoms with E-state index in [1.165, 1.54) is 0 Å². The van der Waals surface area contributed by atoms with Gasteiger partial charge in [-0.05, 0) is 17.2 Å². The second kappa shape index (κ2) is 8.19. The first-order valence-electron chi connectivity index (χ1n) is 6.99. The van der Waals surface area contributed by atoms with E-state index in [2.05, 4.69) is 5.32 Å². The highest BCUT2D eigenvalue weighted by molar-refractivity contribution is 6.31. The highest BCUT2D eigenvalue weighted by atomic mass is 35.5. The Morgan fingerprint density at radius 2 is 1.74 bits per heavy atom. The van der Waals surface area contributed by atoms with E-state index in [0.29, 0.717) is 10.6 Å². The van der Waals surface area contributed by atoms with E-state index in [1.807, 2.05) is 30.3 Å². The van der Waals surface area contributed by atoms with Crippen molar-refractivity contribution in [3.8, 4) is 0 Å². The van der Waals surface area contributed by atoms with Crippen molar-refractivity contribution in [2.24, 2.45) is 0 Å². The van der Waals surface area contributed by atoms with Gasteiger partial charge in [0.15, 0.2) is 0 Å². The van der Waals surface area contributed by atoms with Crippen molar-refractivity contribution < 1.29 is 19.4 Å². The summed E-state index contributed by atoms with van der Waals surface area (Å²) in [5.74, 6) is -2.01. The summed E-state index contributed by atoms with van der Waals surface area (Å²) < 4.78 is 5.05. The molecular formula is C17H16ClNO4. The van der Waals surface area contributed by atoms with Gasteiger partial charge in [0.25, 0.3) is 0 Å². The van der Waals surface area contributed by atoms with Gasteiger partial charge in [0.1, 0.15) is 12.5 Å². The van der Waals surface area contributed by atoms with Crippen LogP contribution in [0.2, 0.25) is 5.02 Å². The second-order valence-corrected chi connectivity index (χ2v) is 5.26. The summed E-state index contributed by atoms with van der Waals surface area (Å²) in [5.41, 5.74) is 1.30. The Kier molecular flexibility index (Phi) is 6.00. The second-order valence-electron chi connectivity index (χ2n) is 4.85. The number of amides is 1. The minimum atomic E-state index is -1.07. The molecule has 2 aromatic rings. The number of halogens is 1. The molecule has 0 heterocycles. The zero-order chi connectivity index (χ0) is 16.7. The smallest absolute Gasteiger partial charge is 0.407 e. The summed E-state index contributed by atoms with van der Waals surface area (Å²) in [6.45, 7) is 0.0171. The van der Waals surface area contributed by atoms with E-state index in [1.54, 1.807) is 24.3 Å². The zero-order valence-corrected chi connectivity index (χ0v) is 13.0. The van der Waals surface area contributed by atoms with Gasteiger partial charge in [0, 0.05) is 11.6 Å². The summed E-state index contributed by atoms with van der Waals surface area (Å²) in [4.78, 5) is 23.1. The number of carboxylic acid groups (broad SMARTS) is 1. The summed E-state index contributed by atoms with van der Waals surface area (Å²) in [7, 11) is 0. The number of benzene rings is 2. The van der Waals surface area contributed by atoms with Crippen LogP contribution in [-0.2, 0) is 16.1 Å². The van der Waals surface area contributed by atoms with Gasteiger partial charge < -0.3 is 15.2 Å². The molecule has 0 aliphatic carbocycles. The molecule has 0 aliphatic heterocycles. The zero-order valence-electron chi connectivity index (χ0n) is 12.2. The van der Waals surface area contributed by atoms with Gasteiger partial charge in [0.05, 0.1) is 0 Å². The van der Waals surface area contributed by atoms with Crippen LogP contribution in [0.1, 0.15) is 17.0 Å². The lowest BCUT2D eigenvalue weighted by Gasteiger charge is -2.15. The molecule has 1 amide bonds. The number of carboxylic acids is 1. The average Bonchev–Trinajstić information content (AvgIpc) is 2.55.